The minimum Gasteiger partial charge on any atom is -0.484 e. The highest BCUT2D eigenvalue weighted by Gasteiger charge is 2.13. The lowest BCUT2D eigenvalue weighted by atomic mass is 9.87. The summed E-state index contributed by atoms with van der Waals surface area (Å²) in [6, 6.07) is 21.5. The van der Waals surface area contributed by atoms with Gasteiger partial charge in [-0.2, -0.15) is 4.80 Å². The van der Waals surface area contributed by atoms with Crippen LogP contribution < -0.4 is 10.1 Å². The fourth-order valence-electron chi connectivity index (χ4n) is 3.37. The summed E-state index contributed by atoms with van der Waals surface area (Å²) in [5.41, 5.74) is 5.59. The summed E-state index contributed by atoms with van der Waals surface area (Å²) in [4.78, 5) is 14.0. The van der Waals surface area contributed by atoms with Crippen molar-refractivity contribution in [3.63, 3.8) is 0 Å². The Morgan fingerprint density at radius 1 is 0.938 bits per heavy atom. The molecule has 3 aromatic carbocycles. The van der Waals surface area contributed by atoms with Crippen LogP contribution in [-0.2, 0) is 16.6 Å². The molecule has 0 fully saturated rings. The smallest absolute Gasteiger partial charge is 0.262 e. The molecule has 0 atom stereocenters. The van der Waals surface area contributed by atoms with Crippen LogP contribution in [0, 0.1) is 0 Å². The number of amides is 1. The van der Waals surface area contributed by atoms with Crippen molar-refractivity contribution < 1.29 is 9.53 Å². The summed E-state index contributed by atoms with van der Waals surface area (Å²) in [7, 11) is 0. The molecule has 4 rings (SSSR count). The van der Waals surface area contributed by atoms with Crippen LogP contribution in [-0.4, -0.2) is 27.5 Å². The van der Waals surface area contributed by atoms with Crippen molar-refractivity contribution in [1.29, 1.82) is 0 Å². The molecule has 6 heteroatoms. The zero-order valence-electron chi connectivity index (χ0n) is 18.9. The number of carbonyl (C=O) groups excluding carboxylic acids is 1. The largest absolute Gasteiger partial charge is 0.484 e. The molecule has 6 nitrogen and oxygen atoms in total. The fourth-order valence-corrected chi connectivity index (χ4v) is 3.37. The van der Waals surface area contributed by atoms with E-state index in [9.17, 15) is 4.79 Å². The number of ether oxygens (including phenoxy) is 1. The van der Waals surface area contributed by atoms with Crippen molar-refractivity contribution in [2.75, 3.05) is 11.9 Å². The molecule has 4 aromatic rings. The van der Waals surface area contributed by atoms with Gasteiger partial charge in [-0.05, 0) is 65.4 Å². The molecule has 164 valence electrons. The lowest BCUT2D eigenvalue weighted by molar-refractivity contribution is -0.118. The highest BCUT2D eigenvalue weighted by Crippen LogP contribution is 2.24. The van der Waals surface area contributed by atoms with E-state index in [0.29, 0.717) is 17.0 Å². The first-order chi connectivity index (χ1) is 15.3. The van der Waals surface area contributed by atoms with Gasteiger partial charge in [0, 0.05) is 5.69 Å². The molecule has 1 amide bonds. The third-order valence-electron chi connectivity index (χ3n) is 5.33. The number of carbonyl (C=O) groups is 1. The number of hydrogen-bond acceptors (Lipinski definition) is 4. The molecular weight excluding hydrogens is 400 g/mol. The van der Waals surface area contributed by atoms with Crippen molar-refractivity contribution >= 4 is 22.6 Å². The number of aromatic nitrogens is 3. The van der Waals surface area contributed by atoms with Crippen LogP contribution in [0.1, 0.15) is 38.8 Å². The molecule has 0 aliphatic heterocycles. The maximum Gasteiger partial charge on any atom is 0.262 e. The van der Waals surface area contributed by atoms with E-state index >= 15 is 0 Å². The van der Waals surface area contributed by atoms with Crippen LogP contribution in [0.25, 0.3) is 16.7 Å². The first-order valence-corrected chi connectivity index (χ1v) is 10.8. The van der Waals surface area contributed by atoms with Gasteiger partial charge < -0.3 is 10.1 Å². The van der Waals surface area contributed by atoms with Gasteiger partial charge in [-0.1, -0.05) is 52.0 Å². The van der Waals surface area contributed by atoms with Gasteiger partial charge in [-0.25, -0.2) is 0 Å². The second-order valence-electron chi connectivity index (χ2n) is 8.82. The zero-order chi connectivity index (χ0) is 22.7. The van der Waals surface area contributed by atoms with Crippen LogP contribution in [0.4, 0.5) is 5.69 Å². The van der Waals surface area contributed by atoms with E-state index in [2.05, 4.69) is 55.3 Å². The summed E-state index contributed by atoms with van der Waals surface area (Å²) in [5, 5.41) is 11.9. The number of nitrogens with zero attached hydrogens (tertiary/aromatic N) is 3. The standard InChI is InChI=1S/C26H28N4O2/c1-5-18-6-11-21(12-7-18)30-28-23-15-10-20(16-24(23)29-30)27-25(31)17-32-22-13-8-19(9-14-22)26(2,3)4/h6-16H,5,17H2,1-4H3,(H,27,31). The maximum absolute atomic E-state index is 12.4. The van der Waals surface area contributed by atoms with E-state index in [0.717, 1.165) is 17.6 Å². The predicted molar refractivity (Wildman–Crippen MR) is 128 cm³/mol. The number of nitrogens with one attached hydrogen (secondary N) is 1. The average molecular weight is 429 g/mol. The van der Waals surface area contributed by atoms with Crippen molar-refractivity contribution in [3.05, 3.63) is 77.9 Å². The Bertz CT molecular complexity index is 1220. The van der Waals surface area contributed by atoms with Crippen molar-refractivity contribution in [2.24, 2.45) is 0 Å². The van der Waals surface area contributed by atoms with Crippen molar-refractivity contribution in [2.45, 2.75) is 39.5 Å². The lowest BCUT2D eigenvalue weighted by Crippen LogP contribution is -2.20. The first kappa shape index (κ1) is 21.6. The second kappa shape index (κ2) is 8.83. The van der Waals surface area contributed by atoms with Gasteiger partial charge in [0.1, 0.15) is 16.8 Å². The number of rotatable bonds is 6. The maximum atomic E-state index is 12.4. The molecular formula is C26H28N4O2. The Labute approximate surface area is 188 Å². The molecule has 0 bridgehead atoms. The molecule has 0 aliphatic rings. The predicted octanol–water partition coefficient (Wildman–Crippen LogP) is 5.30. The van der Waals surface area contributed by atoms with E-state index in [1.54, 1.807) is 4.80 Å². The van der Waals surface area contributed by atoms with Gasteiger partial charge in [0.15, 0.2) is 6.61 Å². The van der Waals surface area contributed by atoms with Crippen LogP contribution in [0.3, 0.4) is 0 Å². The second-order valence-corrected chi connectivity index (χ2v) is 8.82. The first-order valence-electron chi connectivity index (χ1n) is 10.8. The normalized spacial score (nSPS) is 11.5. The molecule has 1 N–H and O–H groups in total. The molecule has 0 radical (unpaired) electrons. The van der Waals surface area contributed by atoms with E-state index in [4.69, 9.17) is 4.74 Å². The molecule has 0 saturated heterocycles. The number of hydrogen-bond donors (Lipinski definition) is 1. The van der Waals surface area contributed by atoms with E-state index in [1.165, 1.54) is 11.1 Å². The van der Waals surface area contributed by atoms with Gasteiger partial charge in [0.05, 0.1) is 5.69 Å². The highest BCUT2D eigenvalue weighted by molar-refractivity contribution is 5.93. The number of anilines is 1. The Balaban J connectivity index is 1.39. The molecule has 0 spiro atoms. The van der Waals surface area contributed by atoms with Gasteiger partial charge in [-0.3, -0.25) is 4.79 Å². The Morgan fingerprint density at radius 3 is 2.28 bits per heavy atom. The Morgan fingerprint density at radius 2 is 1.62 bits per heavy atom. The van der Waals surface area contributed by atoms with Crippen molar-refractivity contribution in [3.8, 4) is 11.4 Å². The van der Waals surface area contributed by atoms with E-state index in [-0.39, 0.29) is 17.9 Å². The number of fused-ring (bicyclic) bond motifs is 1. The van der Waals surface area contributed by atoms with Crippen LogP contribution in [0.2, 0.25) is 0 Å². The molecule has 0 unspecified atom stereocenters. The van der Waals surface area contributed by atoms with E-state index in [1.807, 2.05) is 54.6 Å². The molecule has 1 aromatic heterocycles. The van der Waals surface area contributed by atoms with Crippen molar-refractivity contribution in [1.82, 2.24) is 15.0 Å². The van der Waals surface area contributed by atoms with Gasteiger partial charge in [0.2, 0.25) is 0 Å². The third-order valence-corrected chi connectivity index (χ3v) is 5.33. The third kappa shape index (κ3) is 4.97. The van der Waals surface area contributed by atoms with E-state index < -0.39 is 0 Å². The lowest BCUT2D eigenvalue weighted by Gasteiger charge is -2.19. The minimum atomic E-state index is -0.230. The number of benzene rings is 3. The highest BCUT2D eigenvalue weighted by atomic mass is 16.5. The van der Waals surface area contributed by atoms with Gasteiger partial charge in [0.25, 0.3) is 5.91 Å². The zero-order valence-corrected chi connectivity index (χ0v) is 18.9. The average Bonchev–Trinajstić information content (AvgIpc) is 3.21. The monoisotopic (exact) mass is 428 g/mol. The summed E-state index contributed by atoms with van der Waals surface area (Å²) >= 11 is 0. The molecule has 32 heavy (non-hydrogen) atoms. The minimum absolute atomic E-state index is 0.0661. The fraction of sp³-hybridized carbons (Fsp3) is 0.269. The van der Waals surface area contributed by atoms with Gasteiger partial charge >= 0.3 is 0 Å². The summed E-state index contributed by atoms with van der Waals surface area (Å²) in [5.74, 6) is 0.437. The number of aryl methyl sites for hydroxylation is 1. The summed E-state index contributed by atoms with van der Waals surface area (Å²) in [6.07, 6.45) is 0.990. The molecule has 1 heterocycles. The summed E-state index contributed by atoms with van der Waals surface area (Å²) in [6.45, 7) is 8.54. The van der Waals surface area contributed by atoms with Gasteiger partial charge in [-0.15, -0.1) is 10.2 Å². The van der Waals surface area contributed by atoms with Crippen LogP contribution in [0.5, 0.6) is 5.75 Å². The SMILES string of the molecule is CCc1ccc(-n2nc3ccc(NC(=O)COc4ccc(C(C)(C)C)cc4)cc3n2)cc1. The Hall–Kier alpha value is -3.67. The quantitative estimate of drug-likeness (QED) is 0.453. The summed E-state index contributed by atoms with van der Waals surface area (Å²) < 4.78 is 5.63. The topological polar surface area (TPSA) is 69.0 Å². The van der Waals surface area contributed by atoms with Crippen LogP contribution in [0.15, 0.2) is 66.7 Å². The van der Waals surface area contributed by atoms with Crippen LogP contribution >= 0.6 is 0 Å². The Kier molecular flexibility index (Phi) is 5.95. The molecule has 0 saturated carbocycles. The molecule has 0 aliphatic carbocycles.